The van der Waals surface area contributed by atoms with Gasteiger partial charge in [0.25, 0.3) is 0 Å². The molecule has 0 N–H and O–H groups in total. The minimum Gasteiger partial charge on any atom is -0.490 e. The molecule has 0 saturated carbocycles. The predicted molar refractivity (Wildman–Crippen MR) is 189 cm³/mol. The summed E-state index contributed by atoms with van der Waals surface area (Å²) in [5.41, 5.74) is 2.81. The fraction of sp³-hybridized carbons (Fsp3) is 0.550. The SMILES string of the molecule is CCCCCCCCCCOc1ccc(C=C(C=CC(=O)OC)c2cccc(C(=O)OC)c2)cc1OCCCCCCCCCC. The first kappa shape index (κ1) is 38.6. The second-order valence-corrected chi connectivity index (χ2v) is 11.9. The van der Waals surface area contributed by atoms with Crippen LogP contribution in [0.5, 0.6) is 11.5 Å². The zero-order valence-electron chi connectivity index (χ0n) is 29.0. The molecule has 0 aliphatic carbocycles. The van der Waals surface area contributed by atoms with Gasteiger partial charge in [-0.05, 0) is 66.0 Å². The number of hydrogen-bond acceptors (Lipinski definition) is 6. The van der Waals surface area contributed by atoms with Crippen LogP contribution in [-0.4, -0.2) is 39.4 Å². The first-order valence-corrected chi connectivity index (χ1v) is 17.6. The average molecular weight is 635 g/mol. The zero-order chi connectivity index (χ0) is 33.2. The van der Waals surface area contributed by atoms with Crippen LogP contribution in [0.1, 0.15) is 138 Å². The van der Waals surface area contributed by atoms with E-state index in [1.165, 1.54) is 104 Å². The van der Waals surface area contributed by atoms with E-state index in [2.05, 4.69) is 13.8 Å². The molecule has 2 rings (SSSR count). The molecule has 0 aliphatic rings. The van der Waals surface area contributed by atoms with Crippen molar-refractivity contribution in [1.29, 1.82) is 0 Å². The molecule has 0 bridgehead atoms. The van der Waals surface area contributed by atoms with E-state index in [-0.39, 0.29) is 0 Å². The highest BCUT2D eigenvalue weighted by Gasteiger charge is 2.11. The van der Waals surface area contributed by atoms with Gasteiger partial charge in [0.1, 0.15) is 0 Å². The van der Waals surface area contributed by atoms with Gasteiger partial charge < -0.3 is 18.9 Å². The molecule has 0 saturated heterocycles. The maximum atomic E-state index is 12.2. The summed E-state index contributed by atoms with van der Waals surface area (Å²) in [6, 6.07) is 13.1. The minimum absolute atomic E-state index is 0.423. The maximum absolute atomic E-state index is 12.2. The molecule has 46 heavy (non-hydrogen) atoms. The van der Waals surface area contributed by atoms with E-state index >= 15 is 0 Å². The Labute approximate surface area is 278 Å². The molecule has 0 spiro atoms. The predicted octanol–water partition coefficient (Wildman–Crippen LogP) is 10.8. The number of benzene rings is 2. The molecule has 0 heterocycles. The van der Waals surface area contributed by atoms with E-state index in [0.717, 1.165) is 47.5 Å². The summed E-state index contributed by atoms with van der Waals surface area (Å²) < 4.78 is 22.3. The van der Waals surface area contributed by atoms with Crippen molar-refractivity contribution >= 4 is 23.6 Å². The number of esters is 2. The Hall–Kier alpha value is -3.54. The summed E-state index contributed by atoms with van der Waals surface area (Å²) in [6.07, 6.45) is 24.9. The lowest BCUT2D eigenvalue weighted by Gasteiger charge is -2.14. The molecular weight excluding hydrogens is 576 g/mol. The van der Waals surface area contributed by atoms with Gasteiger partial charge in [0, 0.05) is 6.08 Å². The van der Waals surface area contributed by atoms with Gasteiger partial charge in [-0.15, -0.1) is 0 Å². The van der Waals surface area contributed by atoms with E-state index in [0.29, 0.717) is 18.8 Å². The second-order valence-electron chi connectivity index (χ2n) is 11.9. The molecule has 0 amide bonds. The van der Waals surface area contributed by atoms with E-state index in [4.69, 9.17) is 18.9 Å². The van der Waals surface area contributed by atoms with Crippen LogP contribution in [0.15, 0.2) is 54.6 Å². The van der Waals surface area contributed by atoms with Gasteiger partial charge in [0.05, 0.1) is 33.0 Å². The molecular formula is C40H58O6. The molecule has 2 aromatic rings. The molecule has 6 nitrogen and oxygen atoms in total. The van der Waals surface area contributed by atoms with Crippen molar-refractivity contribution in [3.8, 4) is 11.5 Å². The Balaban J connectivity index is 2.18. The normalized spacial score (nSPS) is 11.5. The lowest BCUT2D eigenvalue weighted by molar-refractivity contribution is -0.134. The smallest absolute Gasteiger partial charge is 0.337 e. The Morgan fingerprint density at radius 1 is 0.587 bits per heavy atom. The van der Waals surface area contributed by atoms with Crippen molar-refractivity contribution in [3.05, 3.63) is 71.3 Å². The van der Waals surface area contributed by atoms with Crippen LogP contribution < -0.4 is 9.47 Å². The zero-order valence-corrected chi connectivity index (χ0v) is 29.0. The third kappa shape index (κ3) is 16.1. The van der Waals surface area contributed by atoms with E-state index < -0.39 is 11.9 Å². The lowest BCUT2D eigenvalue weighted by atomic mass is 10.00. The third-order valence-electron chi connectivity index (χ3n) is 8.02. The van der Waals surface area contributed by atoms with Crippen LogP contribution in [0.3, 0.4) is 0 Å². The van der Waals surface area contributed by atoms with Crippen LogP contribution in [0.25, 0.3) is 11.6 Å². The number of allylic oxidation sites excluding steroid dienone is 2. The largest absolute Gasteiger partial charge is 0.490 e. The molecule has 0 aliphatic heterocycles. The first-order valence-electron chi connectivity index (χ1n) is 17.6. The van der Waals surface area contributed by atoms with E-state index in [1.807, 2.05) is 30.3 Å². The number of ether oxygens (including phenoxy) is 4. The Bertz CT molecular complexity index is 1200. The van der Waals surface area contributed by atoms with Crippen molar-refractivity contribution in [2.75, 3.05) is 27.4 Å². The first-order chi connectivity index (χ1) is 22.5. The Morgan fingerprint density at radius 2 is 1.13 bits per heavy atom. The molecule has 0 atom stereocenters. The van der Waals surface area contributed by atoms with E-state index in [1.54, 1.807) is 24.3 Å². The van der Waals surface area contributed by atoms with Crippen LogP contribution in [0.4, 0.5) is 0 Å². The van der Waals surface area contributed by atoms with E-state index in [9.17, 15) is 9.59 Å². The fourth-order valence-corrected chi connectivity index (χ4v) is 5.26. The minimum atomic E-state index is -0.464. The fourth-order valence-electron chi connectivity index (χ4n) is 5.26. The third-order valence-corrected chi connectivity index (χ3v) is 8.02. The number of unbranched alkanes of at least 4 members (excludes halogenated alkanes) is 14. The number of methoxy groups -OCH3 is 2. The quantitative estimate of drug-likeness (QED) is 0.0356. The summed E-state index contributed by atoms with van der Waals surface area (Å²) in [5.74, 6) is 0.580. The van der Waals surface area contributed by atoms with Gasteiger partial charge in [-0.1, -0.05) is 122 Å². The highest BCUT2D eigenvalue weighted by Crippen LogP contribution is 2.31. The Morgan fingerprint density at radius 3 is 1.70 bits per heavy atom. The maximum Gasteiger partial charge on any atom is 0.337 e. The molecule has 0 radical (unpaired) electrons. The molecule has 0 unspecified atom stereocenters. The monoisotopic (exact) mass is 634 g/mol. The van der Waals surface area contributed by atoms with Gasteiger partial charge >= 0.3 is 11.9 Å². The van der Waals surface area contributed by atoms with Crippen LogP contribution in [-0.2, 0) is 14.3 Å². The van der Waals surface area contributed by atoms with Gasteiger partial charge in [-0.3, -0.25) is 0 Å². The second kappa shape index (κ2) is 24.7. The molecule has 0 fully saturated rings. The highest BCUT2D eigenvalue weighted by atomic mass is 16.5. The van der Waals surface area contributed by atoms with Crippen molar-refractivity contribution < 1.29 is 28.5 Å². The van der Waals surface area contributed by atoms with Crippen LogP contribution in [0.2, 0.25) is 0 Å². The average Bonchev–Trinajstić information content (AvgIpc) is 3.08. The summed E-state index contributed by atoms with van der Waals surface area (Å²) in [7, 11) is 2.70. The number of hydrogen-bond donors (Lipinski definition) is 0. The topological polar surface area (TPSA) is 71.1 Å². The molecule has 6 heteroatoms. The van der Waals surface area contributed by atoms with Gasteiger partial charge in [0.15, 0.2) is 11.5 Å². The number of rotatable bonds is 25. The Kier molecular flexibility index (Phi) is 20.7. The highest BCUT2D eigenvalue weighted by molar-refractivity contribution is 5.95. The summed E-state index contributed by atoms with van der Waals surface area (Å²) in [4.78, 5) is 24.2. The van der Waals surface area contributed by atoms with Gasteiger partial charge in [0.2, 0.25) is 0 Å². The molecule has 2 aromatic carbocycles. The van der Waals surface area contributed by atoms with Crippen LogP contribution in [0, 0.1) is 0 Å². The number of carbonyl (C=O) groups is 2. The summed E-state index contributed by atoms with van der Waals surface area (Å²) >= 11 is 0. The summed E-state index contributed by atoms with van der Waals surface area (Å²) in [6.45, 7) is 5.79. The van der Waals surface area contributed by atoms with Crippen molar-refractivity contribution in [1.82, 2.24) is 0 Å². The standard InChI is InChI=1S/C40H58O6/c1-5-7-9-11-13-15-17-19-28-45-37-26-24-33(31-38(37)46-29-20-18-16-14-12-10-8-6-2)30-35(25-27-39(41)43-3)34-22-21-23-36(32-34)40(42)44-4/h21-27,30-32H,5-20,28-29H2,1-4H3. The van der Waals surface area contributed by atoms with Crippen molar-refractivity contribution in [3.63, 3.8) is 0 Å². The molecule has 0 aromatic heterocycles. The van der Waals surface area contributed by atoms with Crippen LogP contribution >= 0.6 is 0 Å². The van der Waals surface area contributed by atoms with Gasteiger partial charge in [-0.2, -0.15) is 0 Å². The summed E-state index contributed by atoms with van der Waals surface area (Å²) in [5, 5.41) is 0. The van der Waals surface area contributed by atoms with Gasteiger partial charge in [-0.25, -0.2) is 9.59 Å². The number of carbonyl (C=O) groups excluding carboxylic acids is 2. The van der Waals surface area contributed by atoms with Crippen molar-refractivity contribution in [2.24, 2.45) is 0 Å². The lowest BCUT2D eigenvalue weighted by Crippen LogP contribution is -2.03. The van der Waals surface area contributed by atoms with Crippen molar-refractivity contribution in [2.45, 2.75) is 117 Å². The molecule has 254 valence electrons.